The third-order valence-corrected chi connectivity index (χ3v) is 3.66. The molecule has 0 aliphatic rings. The van der Waals surface area contributed by atoms with Crippen LogP contribution in [0.5, 0.6) is 5.75 Å². The molecule has 0 radical (unpaired) electrons. The molecule has 128 valence electrons. The first-order valence-electron chi connectivity index (χ1n) is 7.94. The summed E-state index contributed by atoms with van der Waals surface area (Å²) in [5.41, 5.74) is 1.02. The molecule has 0 aliphatic heterocycles. The number of hydrogen-bond acceptors (Lipinski definition) is 3. The van der Waals surface area contributed by atoms with Crippen LogP contribution in [0.25, 0.3) is 0 Å². The molecule has 2 N–H and O–H groups in total. The highest BCUT2D eigenvalue weighted by atomic mass is 19.1. The molecule has 0 spiro atoms. The quantitative estimate of drug-likeness (QED) is 0.782. The second-order valence-electron chi connectivity index (χ2n) is 5.67. The smallest absolute Gasteiger partial charge is 0.223 e. The monoisotopic (exact) mass is 331 g/mol. The number of hydrogen-bond donors (Lipinski definition) is 2. The SMILES string of the molecule is CC(NC(=O)CCOc1ccc(F)cc1)C(O)Cc1ccccc1. The van der Waals surface area contributed by atoms with Crippen molar-refractivity contribution in [2.45, 2.75) is 31.9 Å². The summed E-state index contributed by atoms with van der Waals surface area (Å²) in [7, 11) is 0. The number of ether oxygens (including phenoxy) is 1. The second-order valence-corrected chi connectivity index (χ2v) is 5.67. The summed E-state index contributed by atoms with van der Waals surface area (Å²) in [4.78, 5) is 11.9. The molecule has 24 heavy (non-hydrogen) atoms. The summed E-state index contributed by atoms with van der Waals surface area (Å²) in [6, 6.07) is 14.9. The normalized spacial score (nSPS) is 13.1. The lowest BCUT2D eigenvalue weighted by Crippen LogP contribution is -2.42. The maximum atomic E-state index is 12.8. The van der Waals surface area contributed by atoms with Crippen LogP contribution in [0, 0.1) is 5.82 Å². The standard InChI is InChI=1S/C19H22FNO3/c1-14(18(22)13-15-5-3-2-4-6-15)21-19(23)11-12-24-17-9-7-16(20)8-10-17/h2-10,14,18,22H,11-13H2,1H3,(H,21,23). The number of rotatable bonds is 8. The summed E-state index contributed by atoms with van der Waals surface area (Å²) < 4.78 is 18.1. The van der Waals surface area contributed by atoms with Gasteiger partial charge < -0.3 is 15.2 Å². The molecule has 5 heteroatoms. The zero-order valence-electron chi connectivity index (χ0n) is 13.6. The van der Waals surface area contributed by atoms with Gasteiger partial charge in [0.1, 0.15) is 11.6 Å². The number of halogens is 1. The zero-order valence-corrected chi connectivity index (χ0v) is 13.6. The Balaban J connectivity index is 1.70. The second kappa shape index (κ2) is 9.03. The van der Waals surface area contributed by atoms with Crippen LogP contribution < -0.4 is 10.1 Å². The van der Waals surface area contributed by atoms with Gasteiger partial charge in [0.25, 0.3) is 0 Å². The van der Waals surface area contributed by atoms with E-state index in [1.807, 2.05) is 30.3 Å². The molecule has 0 fully saturated rings. The first-order chi connectivity index (χ1) is 11.5. The molecule has 0 aliphatic carbocycles. The maximum Gasteiger partial charge on any atom is 0.223 e. The van der Waals surface area contributed by atoms with E-state index in [0.29, 0.717) is 12.2 Å². The zero-order chi connectivity index (χ0) is 17.4. The maximum absolute atomic E-state index is 12.8. The molecule has 0 saturated heterocycles. The van der Waals surface area contributed by atoms with Gasteiger partial charge in [0.15, 0.2) is 0 Å². The lowest BCUT2D eigenvalue weighted by atomic mass is 10.0. The molecular formula is C19H22FNO3. The molecular weight excluding hydrogens is 309 g/mol. The van der Waals surface area contributed by atoms with E-state index in [0.717, 1.165) is 5.56 Å². The molecule has 0 saturated carbocycles. The Kier molecular flexibility index (Phi) is 6.75. The fourth-order valence-electron chi connectivity index (χ4n) is 2.25. The third kappa shape index (κ3) is 6.01. The van der Waals surface area contributed by atoms with Crippen molar-refractivity contribution in [2.24, 2.45) is 0 Å². The summed E-state index contributed by atoms with van der Waals surface area (Å²) >= 11 is 0. The number of amides is 1. The van der Waals surface area contributed by atoms with Gasteiger partial charge in [-0.3, -0.25) is 4.79 Å². The van der Waals surface area contributed by atoms with Gasteiger partial charge in [-0.15, -0.1) is 0 Å². The van der Waals surface area contributed by atoms with Crippen LogP contribution in [-0.4, -0.2) is 29.8 Å². The summed E-state index contributed by atoms with van der Waals surface area (Å²) in [5, 5.41) is 12.9. The van der Waals surface area contributed by atoms with Gasteiger partial charge in [-0.25, -0.2) is 4.39 Å². The fourth-order valence-corrected chi connectivity index (χ4v) is 2.25. The van der Waals surface area contributed by atoms with Crippen LogP contribution in [0.2, 0.25) is 0 Å². The summed E-state index contributed by atoms with van der Waals surface area (Å²) in [6.45, 7) is 1.96. The van der Waals surface area contributed by atoms with Crippen molar-refractivity contribution in [2.75, 3.05) is 6.61 Å². The number of aliphatic hydroxyl groups is 1. The lowest BCUT2D eigenvalue weighted by molar-refractivity contribution is -0.123. The van der Waals surface area contributed by atoms with Crippen LogP contribution >= 0.6 is 0 Å². The Morgan fingerprint density at radius 1 is 1.17 bits per heavy atom. The number of nitrogens with one attached hydrogen (secondary N) is 1. The molecule has 2 unspecified atom stereocenters. The molecule has 0 bridgehead atoms. The van der Waals surface area contributed by atoms with E-state index in [9.17, 15) is 14.3 Å². The van der Waals surface area contributed by atoms with Crippen LogP contribution in [0.15, 0.2) is 54.6 Å². The largest absolute Gasteiger partial charge is 0.493 e. The minimum Gasteiger partial charge on any atom is -0.493 e. The van der Waals surface area contributed by atoms with E-state index in [-0.39, 0.29) is 30.8 Å². The molecule has 1 amide bonds. The van der Waals surface area contributed by atoms with Crippen molar-refractivity contribution in [1.29, 1.82) is 0 Å². The molecule has 0 heterocycles. The van der Waals surface area contributed by atoms with Gasteiger partial charge in [-0.1, -0.05) is 30.3 Å². The molecule has 0 aromatic heterocycles. The number of carbonyl (C=O) groups excluding carboxylic acids is 1. The van der Waals surface area contributed by atoms with Gasteiger partial charge in [0.2, 0.25) is 5.91 Å². The first-order valence-corrected chi connectivity index (χ1v) is 7.94. The number of aliphatic hydroxyl groups excluding tert-OH is 1. The highest BCUT2D eigenvalue weighted by Crippen LogP contribution is 2.11. The molecule has 2 aromatic rings. The van der Waals surface area contributed by atoms with E-state index in [1.54, 1.807) is 6.92 Å². The van der Waals surface area contributed by atoms with E-state index in [1.165, 1.54) is 24.3 Å². The minimum atomic E-state index is -0.658. The minimum absolute atomic E-state index is 0.166. The predicted molar refractivity (Wildman–Crippen MR) is 90.3 cm³/mol. The van der Waals surface area contributed by atoms with Crippen molar-refractivity contribution in [3.63, 3.8) is 0 Å². The Bertz CT molecular complexity index is 631. The van der Waals surface area contributed by atoms with Crippen molar-refractivity contribution in [1.82, 2.24) is 5.32 Å². The fraction of sp³-hybridized carbons (Fsp3) is 0.316. The lowest BCUT2D eigenvalue weighted by Gasteiger charge is -2.20. The Hall–Kier alpha value is -2.40. The highest BCUT2D eigenvalue weighted by molar-refractivity contribution is 5.76. The first kappa shape index (κ1) is 17.9. The van der Waals surface area contributed by atoms with Gasteiger partial charge in [0.05, 0.1) is 25.2 Å². The third-order valence-electron chi connectivity index (χ3n) is 3.66. The van der Waals surface area contributed by atoms with Gasteiger partial charge in [0, 0.05) is 6.42 Å². The highest BCUT2D eigenvalue weighted by Gasteiger charge is 2.17. The summed E-state index contributed by atoms with van der Waals surface area (Å²) in [6.07, 6.45) is -0.0110. The van der Waals surface area contributed by atoms with Crippen LogP contribution in [-0.2, 0) is 11.2 Å². The molecule has 2 atom stereocenters. The van der Waals surface area contributed by atoms with Crippen molar-refractivity contribution >= 4 is 5.91 Å². The molecule has 2 rings (SSSR count). The van der Waals surface area contributed by atoms with Crippen molar-refractivity contribution in [3.8, 4) is 5.75 Å². The number of benzene rings is 2. The van der Waals surface area contributed by atoms with Crippen LogP contribution in [0.1, 0.15) is 18.9 Å². The molecule has 4 nitrogen and oxygen atoms in total. The summed E-state index contributed by atoms with van der Waals surface area (Å²) in [5.74, 6) is -0.0144. The van der Waals surface area contributed by atoms with Crippen LogP contribution in [0.3, 0.4) is 0 Å². The van der Waals surface area contributed by atoms with Crippen LogP contribution in [0.4, 0.5) is 4.39 Å². The van der Waals surface area contributed by atoms with Crippen molar-refractivity contribution < 1.29 is 19.0 Å². The Labute approximate surface area is 141 Å². The van der Waals surface area contributed by atoms with Gasteiger partial charge in [-0.05, 0) is 36.8 Å². The van der Waals surface area contributed by atoms with Gasteiger partial charge >= 0.3 is 0 Å². The molecule has 2 aromatic carbocycles. The van der Waals surface area contributed by atoms with E-state index < -0.39 is 6.10 Å². The number of carbonyl (C=O) groups is 1. The average molecular weight is 331 g/mol. The van der Waals surface area contributed by atoms with E-state index in [2.05, 4.69) is 5.32 Å². The predicted octanol–water partition coefficient (Wildman–Crippen LogP) is 2.70. The topological polar surface area (TPSA) is 58.6 Å². The van der Waals surface area contributed by atoms with E-state index in [4.69, 9.17) is 4.74 Å². The average Bonchev–Trinajstić information content (AvgIpc) is 2.57. The van der Waals surface area contributed by atoms with Crippen molar-refractivity contribution in [3.05, 3.63) is 66.0 Å². The Morgan fingerprint density at radius 3 is 2.50 bits per heavy atom. The Morgan fingerprint density at radius 2 is 1.83 bits per heavy atom. The van der Waals surface area contributed by atoms with E-state index >= 15 is 0 Å². The van der Waals surface area contributed by atoms with Gasteiger partial charge in [-0.2, -0.15) is 0 Å².